The second-order valence-electron chi connectivity index (χ2n) is 6.21. The summed E-state index contributed by atoms with van der Waals surface area (Å²) in [4.78, 5) is 0. The highest BCUT2D eigenvalue weighted by Crippen LogP contribution is 2.44. The van der Waals surface area contributed by atoms with E-state index >= 15 is 0 Å². The lowest BCUT2D eigenvalue weighted by molar-refractivity contribution is 0.449. The first-order chi connectivity index (χ1) is 6.43. The molecule has 0 aromatic rings. The van der Waals surface area contributed by atoms with Crippen LogP contribution in [0, 0.1) is 15.6 Å². The van der Waals surface area contributed by atoms with E-state index in [-0.39, 0.29) is 10.8 Å². The zero-order valence-corrected chi connectivity index (χ0v) is 11.3. The summed E-state index contributed by atoms with van der Waals surface area (Å²) in [5.74, 6) is 0. The van der Waals surface area contributed by atoms with Gasteiger partial charge in [-0.25, -0.2) is 8.99 Å². The Kier molecular flexibility index (Phi) is 2.67. The van der Waals surface area contributed by atoms with Crippen LogP contribution in [0.25, 0.3) is 0 Å². The average Bonchev–Trinajstić information content (AvgIpc) is 2.23. The van der Waals surface area contributed by atoms with E-state index in [2.05, 4.69) is 41.5 Å². The van der Waals surface area contributed by atoms with E-state index in [0.717, 1.165) is 11.1 Å². The maximum atomic E-state index is 11.8. The molecule has 0 atom stereocenters. The van der Waals surface area contributed by atoms with Crippen LogP contribution in [0.4, 0.5) is 0 Å². The van der Waals surface area contributed by atoms with Gasteiger partial charge in [0.1, 0.15) is 0 Å². The van der Waals surface area contributed by atoms with Gasteiger partial charge < -0.3 is 0 Å². The molecule has 0 aromatic heterocycles. The average molecular weight is 227 g/mol. The third-order valence-corrected chi connectivity index (χ3v) is 3.66. The topological polar surface area (TPSA) is 40.9 Å². The van der Waals surface area contributed by atoms with E-state index in [9.17, 15) is 4.21 Å². The Hall–Kier alpha value is -0.570. The van der Waals surface area contributed by atoms with Crippen molar-refractivity contribution in [2.24, 2.45) is 10.8 Å². The van der Waals surface area contributed by atoms with Crippen LogP contribution in [0.15, 0.2) is 22.0 Å². The third-order valence-electron chi connectivity index (χ3n) is 2.49. The van der Waals surface area contributed by atoms with Gasteiger partial charge in [-0.15, -0.1) is 0 Å². The van der Waals surface area contributed by atoms with Crippen LogP contribution < -0.4 is 0 Å². The van der Waals surface area contributed by atoms with E-state index in [1.165, 1.54) is 0 Å². The lowest BCUT2D eigenvalue weighted by Crippen LogP contribution is -2.18. The maximum absolute atomic E-state index is 11.8. The number of allylic oxidation sites excluding steroid dienone is 2. The largest absolute Gasteiger partial charge is 0.246 e. The molecule has 0 unspecified atom stereocenters. The third kappa shape index (κ3) is 2.71. The maximum Gasteiger partial charge on any atom is 0.0880 e. The molecule has 2 nitrogen and oxygen atoms in total. The molecule has 0 bridgehead atoms. The standard InChI is InChI=1S/C12H21NOS/c1-11(2,3)9-7-15(13,14)8-10(9)12(4,5)6/h7-8,13H,1-6H3. The highest BCUT2D eigenvalue weighted by atomic mass is 32.2. The molecule has 0 saturated carbocycles. The van der Waals surface area contributed by atoms with Crippen LogP contribution in [-0.2, 0) is 9.73 Å². The molecule has 1 N–H and O–H groups in total. The molecule has 0 saturated heterocycles. The lowest BCUT2D eigenvalue weighted by Gasteiger charge is -2.30. The number of rotatable bonds is 0. The van der Waals surface area contributed by atoms with Gasteiger partial charge in [0.2, 0.25) is 0 Å². The minimum atomic E-state index is -2.64. The number of nitrogens with one attached hydrogen (secondary N) is 1. The van der Waals surface area contributed by atoms with Crippen molar-refractivity contribution in [3.63, 3.8) is 0 Å². The first-order valence-corrected chi connectivity index (χ1v) is 6.85. The predicted molar refractivity (Wildman–Crippen MR) is 65.9 cm³/mol. The molecule has 0 aromatic carbocycles. The summed E-state index contributed by atoms with van der Waals surface area (Å²) in [5.41, 5.74) is 2.04. The highest BCUT2D eigenvalue weighted by molar-refractivity contribution is 7.98. The molecular formula is C12H21NOS. The second kappa shape index (κ2) is 3.21. The monoisotopic (exact) mass is 227 g/mol. The summed E-state index contributed by atoms with van der Waals surface area (Å²) in [6.07, 6.45) is 0. The second-order valence-corrected chi connectivity index (χ2v) is 7.98. The first kappa shape index (κ1) is 12.5. The van der Waals surface area contributed by atoms with Crippen molar-refractivity contribution in [2.45, 2.75) is 41.5 Å². The Morgan fingerprint density at radius 2 is 1.20 bits per heavy atom. The summed E-state index contributed by atoms with van der Waals surface area (Å²) in [5, 5.41) is 3.27. The molecule has 0 aliphatic carbocycles. The SMILES string of the molecule is CC(C)(C)C1=CS(=N)(=O)C=C1C(C)(C)C. The summed E-state index contributed by atoms with van der Waals surface area (Å²) in [6.45, 7) is 12.6. The van der Waals surface area contributed by atoms with E-state index in [0.29, 0.717) is 0 Å². The number of hydrogen-bond acceptors (Lipinski definition) is 2. The van der Waals surface area contributed by atoms with Crippen molar-refractivity contribution in [2.75, 3.05) is 0 Å². The molecule has 0 radical (unpaired) electrons. The molecule has 1 aliphatic heterocycles. The van der Waals surface area contributed by atoms with Crippen molar-refractivity contribution < 1.29 is 4.21 Å². The minimum absolute atomic E-state index is 0.0423. The van der Waals surface area contributed by atoms with Crippen molar-refractivity contribution in [1.82, 2.24) is 0 Å². The van der Waals surface area contributed by atoms with Gasteiger partial charge in [0.25, 0.3) is 0 Å². The summed E-state index contributed by atoms with van der Waals surface area (Å²) >= 11 is 0. The molecule has 0 spiro atoms. The zero-order chi connectivity index (χ0) is 12.1. The van der Waals surface area contributed by atoms with Crippen molar-refractivity contribution >= 4 is 9.73 Å². The van der Waals surface area contributed by atoms with Crippen LogP contribution in [0.5, 0.6) is 0 Å². The molecule has 0 amide bonds. The Morgan fingerprint density at radius 1 is 0.933 bits per heavy atom. The van der Waals surface area contributed by atoms with Gasteiger partial charge in [0, 0.05) is 10.8 Å². The smallest absolute Gasteiger partial charge is 0.0880 e. The Morgan fingerprint density at radius 3 is 1.40 bits per heavy atom. The normalized spacial score (nSPS) is 21.2. The van der Waals surface area contributed by atoms with E-state index in [1.54, 1.807) is 10.8 Å². The summed E-state index contributed by atoms with van der Waals surface area (Å²) in [6, 6.07) is 0. The zero-order valence-electron chi connectivity index (χ0n) is 10.5. The van der Waals surface area contributed by atoms with Gasteiger partial charge in [-0.05, 0) is 22.0 Å². The number of hydrogen-bond donors (Lipinski definition) is 1. The van der Waals surface area contributed by atoms with Crippen LogP contribution in [0.3, 0.4) is 0 Å². The van der Waals surface area contributed by atoms with Crippen molar-refractivity contribution in [3.8, 4) is 0 Å². The summed E-state index contributed by atoms with van der Waals surface area (Å²) < 4.78 is 19.5. The fraction of sp³-hybridized carbons (Fsp3) is 0.667. The van der Waals surface area contributed by atoms with E-state index in [1.807, 2.05) is 0 Å². The Bertz CT molecular complexity index is 389. The first-order valence-electron chi connectivity index (χ1n) is 5.17. The molecular weight excluding hydrogens is 206 g/mol. The molecule has 0 fully saturated rings. The van der Waals surface area contributed by atoms with Crippen LogP contribution >= 0.6 is 0 Å². The Labute approximate surface area is 93.4 Å². The molecule has 3 heteroatoms. The fourth-order valence-electron chi connectivity index (χ4n) is 1.67. The van der Waals surface area contributed by atoms with Gasteiger partial charge in [-0.1, -0.05) is 41.5 Å². The molecule has 86 valence electrons. The quantitative estimate of drug-likeness (QED) is 0.669. The van der Waals surface area contributed by atoms with Gasteiger partial charge >= 0.3 is 0 Å². The van der Waals surface area contributed by atoms with Crippen LogP contribution in [0.1, 0.15) is 41.5 Å². The van der Waals surface area contributed by atoms with E-state index < -0.39 is 9.73 Å². The Balaban J connectivity index is 3.37. The van der Waals surface area contributed by atoms with Gasteiger partial charge in [-0.3, -0.25) is 0 Å². The lowest BCUT2D eigenvalue weighted by atomic mass is 9.74. The molecule has 1 aliphatic rings. The molecule has 1 rings (SSSR count). The minimum Gasteiger partial charge on any atom is -0.246 e. The van der Waals surface area contributed by atoms with Crippen LogP contribution in [0.2, 0.25) is 0 Å². The van der Waals surface area contributed by atoms with E-state index in [4.69, 9.17) is 4.78 Å². The van der Waals surface area contributed by atoms with Gasteiger partial charge in [-0.2, -0.15) is 0 Å². The predicted octanol–water partition coefficient (Wildman–Crippen LogP) is 3.91. The molecule has 1 heterocycles. The van der Waals surface area contributed by atoms with Crippen molar-refractivity contribution in [3.05, 3.63) is 22.0 Å². The molecule has 15 heavy (non-hydrogen) atoms. The summed E-state index contributed by atoms with van der Waals surface area (Å²) in [7, 11) is -2.64. The van der Waals surface area contributed by atoms with Gasteiger partial charge in [0.15, 0.2) is 0 Å². The fourth-order valence-corrected chi connectivity index (χ4v) is 3.40. The van der Waals surface area contributed by atoms with Crippen LogP contribution in [-0.4, -0.2) is 4.21 Å². The van der Waals surface area contributed by atoms with Crippen molar-refractivity contribution in [1.29, 1.82) is 4.78 Å². The highest BCUT2D eigenvalue weighted by Gasteiger charge is 2.33. The van der Waals surface area contributed by atoms with Gasteiger partial charge in [0.05, 0.1) is 9.73 Å².